The summed E-state index contributed by atoms with van der Waals surface area (Å²) in [6, 6.07) is 10.3. The molecule has 0 radical (unpaired) electrons. The van der Waals surface area contributed by atoms with Gasteiger partial charge in [-0.15, -0.1) is 0 Å². The molecule has 0 bridgehead atoms. The lowest BCUT2D eigenvalue weighted by Gasteiger charge is -2.23. The number of carbonyl (C=O) groups excluding carboxylic acids is 1. The van der Waals surface area contributed by atoms with Crippen LogP contribution in [0.2, 0.25) is 0 Å². The number of esters is 1. The van der Waals surface area contributed by atoms with Crippen molar-refractivity contribution >= 4 is 5.97 Å². The second kappa shape index (κ2) is 7.45. The Hall–Kier alpha value is -1.39. The first-order valence-electron chi connectivity index (χ1n) is 8.61. The molecule has 1 aromatic rings. The first-order chi connectivity index (χ1) is 11.2. The molecule has 1 saturated heterocycles. The van der Waals surface area contributed by atoms with Gasteiger partial charge in [0, 0.05) is 19.4 Å². The molecule has 5 atom stereocenters. The SMILES string of the molecule is COC1CC2OC(=O)CC2C1CCC(O)CCc1ccccc1. The average molecular weight is 318 g/mol. The van der Waals surface area contributed by atoms with E-state index in [1.165, 1.54) is 5.56 Å². The number of benzene rings is 1. The number of fused-ring (bicyclic) bond motifs is 1. The third kappa shape index (κ3) is 3.93. The van der Waals surface area contributed by atoms with Crippen LogP contribution in [0.5, 0.6) is 0 Å². The minimum atomic E-state index is -0.301. The molecule has 1 aromatic carbocycles. The van der Waals surface area contributed by atoms with Gasteiger partial charge in [-0.3, -0.25) is 4.79 Å². The van der Waals surface area contributed by atoms with Gasteiger partial charge >= 0.3 is 5.97 Å². The van der Waals surface area contributed by atoms with Crippen molar-refractivity contribution in [2.75, 3.05) is 7.11 Å². The molecule has 1 aliphatic heterocycles. The lowest BCUT2D eigenvalue weighted by molar-refractivity contribution is -0.142. The van der Waals surface area contributed by atoms with E-state index in [0.29, 0.717) is 12.3 Å². The zero-order chi connectivity index (χ0) is 16.2. The minimum absolute atomic E-state index is 0.0268. The highest BCUT2D eigenvalue weighted by atomic mass is 16.6. The highest BCUT2D eigenvalue weighted by Crippen LogP contribution is 2.44. The van der Waals surface area contributed by atoms with Gasteiger partial charge in [0.25, 0.3) is 0 Å². The van der Waals surface area contributed by atoms with Crippen LogP contribution in [0.4, 0.5) is 0 Å². The monoisotopic (exact) mass is 318 g/mol. The molecule has 2 fully saturated rings. The fourth-order valence-corrected chi connectivity index (χ4v) is 4.14. The van der Waals surface area contributed by atoms with Crippen LogP contribution in [0.15, 0.2) is 30.3 Å². The maximum Gasteiger partial charge on any atom is 0.306 e. The number of ether oxygens (including phenoxy) is 2. The van der Waals surface area contributed by atoms with Crippen molar-refractivity contribution in [3.05, 3.63) is 35.9 Å². The first-order valence-corrected chi connectivity index (χ1v) is 8.61. The fraction of sp³-hybridized carbons (Fsp3) is 0.632. The van der Waals surface area contributed by atoms with Crippen LogP contribution in [0.1, 0.15) is 37.7 Å². The zero-order valence-corrected chi connectivity index (χ0v) is 13.7. The molecule has 0 amide bonds. The van der Waals surface area contributed by atoms with E-state index in [1.807, 2.05) is 18.2 Å². The van der Waals surface area contributed by atoms with E-state index in [2.05, 4.69) is 12.1 Å². The Balaban J connectivity index is 1.47. The van der Waals surface area contributed by atoms with Gasteiger partial charge in [-0.05, 0) is 37.2 Å². The van der Waals surface area contributed by atoms with Crippen LogP contribution in [-0.2, 0) is 20.7 Å². The van der Waals surface area contributed by atoms with Crippen molar-refractivity contribution in [1.29, 1.82) is 0 Å². The summed E-state index contributed by atoms with van der Waals surface area (Å²) in [6.07, 6.45) is 4.52. The Morgan fingerprint density at radius 3 is 2.83 bits per heavy atom. The molecule has 0 spiro atoms. The molecule has 2 aliphatic rings. The average Bonchev–Trinajstić information content (AvgIpc) is 3.07. The van der Waals surface area contributed by atoms with E-state index in [4.69, 9.17) is 9.47 Å². The van der Waals surface area contributed by atoms with E-state index in [1.54, 1.807) is 7.11 Å². The lowest BCUT2D eigenvalue weighted by atomic mass is 9.86. The van der Waals surface area contributed by atoms with Crippen LogP contribution in [-0.4, -0.2) is 36.5 Å². The number of rotatable bonds is 7. The first kappa shape index (κ1) is 16.5. The van der Waals surface area contributed by atoms with Crippen molar-refractivity contribution in [3.8, 4) is 0 Å². The summed E-state index contributed by atoms with van der Waals surface area (Å²) in [6.45, 7) is 0. The summed E-state index contributed by atoms with van der Waals surface area (Å²) in [5, 5.41) is 10.3. The summed E-state index contributed by atoms with van der Waals surface area (Å²) in [4.78, 5) is 11.5. The summed E-state index contributed by atoms with van der Waals surface area (Å²) in [5.74, 6) is 0.515. The van der Waals surface area contributed by atoms with E-state index in [0.717, 1.165) is 32.1 Å². The molecule has 4 nitrogen and oxygen atoms in total. The van der Waals surface area contributed by atoms with E-state index in [9.17, 15) is 9.90 Å². The topological polar surface area (TPSA) is 55.8 Å². The van der Waals surface area contributed by atoms with E-state index < -0.39 is 0 Å². The highest BCUT2D eigenvalue weighted by Gasteiger charge is 2.49. The molecule has 3 rings (SSSR count). The van der Waals surface area contributed by atoms with E-state index in [-0.39, 0.29) is 30.2 Å². The molecule has 23 heavy (non-hydrogen) atoms. The second-order valence-corrected chi connectivity index (χ2v) is 6.83. The standard InChI is InChI=1S/C19H26O4/c1-22-17-12-18-16(11-19(21)23-18)15(17)10-9-14(20)8-7-13-5-3-2-4-6-13/h2-6,14-18,20H,7-12H2,1H3. The number of hydrogen-bond acceptors (Lipinski definition) is 4. The van der Waals surface area contributed by atoms with Gasteiger partial charge < -0.3 is 14.6 Å². The van der Waals surface area contributed by atoms with Gasteiger partial charge in [-0.25, -0.2) is 0 Å². The molecule has 126 valence electrons. The number of aryl methyl sites for hydroxylation is 1. The number of methoxy groups -OCH3 is 1. The van der Waals surface area contributed by atoms with Gasteiger partial charge in [-0.2, -0.15) is 0 Å². The molecule has 4 heteroatoms. The smallest absolute Gasteiger partial charge is 0.306 e. The molecule has 0 aromatic heterocycles. The molecular formula is C19H26O4. The predicted molar refractivity (Wildman–Crippen MR) is 86.9 cm³/mol. The Bertz CT molecular complexity index is 515. The van der Waals surface area contributed by atoms with Gasteiger partial charge in [0.2, 0.25) is 0 Å². The van der Waals surface area contributed by atoms with Gasteiger partial charge in [-0.1, -0.05) is 30.3 Å². The van der Waals surface area contributed by atoms with Crippen LogP contribution >= 0.6 is 0 Å². The van der Waals surface area contributed by atoms with Gasteiger partial charge in [0.15, 0.2) is 0 Å². The van der Waals surface area contributed by atoms with Crippen LogP contribution in [0, 0.1) is 11.8 Å². The maximum absolute atomic E-state index is 11.5. The Morgan fingerprint density at radius 2 is 2.09 bits per heavy atom. The molecule has 1 aliphatic carbocycles. The summed E-state index contributed by atoms with van der Waals surface area (Å²) in [5.41, 5.74) is 1.26. The van der Waals surface area contributed by atoms with Crippen LogP contribution < -0.4 is 0 Å². The molecule has 1 heterocycles. The highest BCUT2D eigenvalue weighted by molar-refractivity contribution is 5.72. The predicted octanol–water partition coefficient (Wildman–Crippen LogP) is 2.73. The van der Waals surface area contributed by atoms with E-state index >= 15 is 0 Å². The number of aliphatic hydroxyl groups is 1. The number of aliphatic hydroxyl groups excluding tert-OH is 1. The minimum Gasteiger partial charge on any atom is -0.462 e. The van der Waals surface area contributed by atoms with Crippen molar-refractivity contribution in [3.63, 3.8) is 0 Å². The summed E-state index contributed by atoms with van der Waals surface area (Å²) in [7, 11) is 1.73. The summed E-state index contributed by atoms with van der Waals surface area (Å²) >= 11 is 0. The third-order valence-corrected chi connectivity index (χ3v) is 5.40. The molecule has 5 unspecified atom stereocenters. The van der Waals surface area contributed by atoms with Gasteiger partial charge in [0.05, 0.1) is 18.6 Å². The van der Waals surface area contributed by atoms with Crippen LogP contribution in [0.25, 0.3) is 0 Å². The lowest BCUT2D eigenvalue weighted by Crippen LogP contribution is -2.23. The Morgan fingerprint density at radius 1 is 1.30 bits per heavy atom. The fourth-order valence-electron chi connectivity index (χ4n) is 4.14. The normalized spacial score (nSPS) is 31.0. The third-order valence-electron chi connectivity index (χ3n) is 5.40. The molecular weight excluding hydrogens is 292 g/mol. The van der Waals surface area contributed by atoms with Crippen molar-refractivity contribution in [2.45, 2.75) is 56.8 Å². The van der Waals surface area contributed by atoms with Crippen molar-refractivity contribution < 1.29 is 19.4 Å². The zero-order valence-electron chi connectivity index (χ0n) is 13.7. The number of hydrogen-bond donors (Lipinski definition) is 1. The number of carbonyl (C=O) groups is 1. The molecule has 1 saturated carbocycles. The Labute approximate surface area is 137 Å². The second-order valence-electron chi connectivity index (χ2n) is 6.83. The van der Waals surface area contributed by atoms with Gasteiger partial charge in [0.1, 0.15) is 6.10 Å². The van der Waals surface area contributed by atoms with Crippen LogP contribution in [0.3, 0.4) is 0 Å². The van der Waals surface area contributed by atoms with Crippen molar-refractivity contribution in [2.24, 2.45) is 11.8 Å². The molecule has 1 N–H and O–H groups in total. The largest absolute Gasteiger partial charge is 0.462 e. The quantitative estimate of drug-likeness (QED) is 0.786. The summed E-state index contributed by atoms with van der Waals surface area (Å²) < 4.78 is 11.0. The van der Waals surface area contributed by atoms with Crippen molar-refractivity contribution in [1.82, 2.24) is 0 Å². The Kier molecular flexibility index (Phi) is 5.34. The maximum atomic E-state index is 11.5.